The first-order valence-electron chi connectivity index (χ1n) is 20.6. The van der Waals surface area contributed by atoms with E-state index >= 15 is 0 Å². The predicted octanol–water partition coefficient (Wildman–Crippen LogP) is 13.1. The number of benzene rings is 4. The molecule has 2 aliphatic rings. The fraction of sp³-hybridized carbons (Fsp3) is 0.500. The van der Waals surface area contributed by atoms with E-state index in [0.717, 1.165) is 73.0 Å². The molecule has 8 heteroatoms. The molecule has 0 aliphatic carbocycles. The first-order chi connectivity index (χ1) is 27.7. The molecule has 4 aromatic rings. The molecule has 58 heavy (non-hydrogen) atoms. The number of methoxy groups -OCH3 is 4. The summed E-state index contributed by atoms with van der Waals surface area (Å²) in [5.74, 6) is 6.72. The largest absolute Gasteiger partial charge is 0.497 e. The number of fused-ring (bicyclic) bond motifs is 2. The summed E-state index contributed by atoms with van der Waals surface area (Å²) in [6.07, 6.45) is 11.9. The summed E-state index contributed by atoms with van der Waals surface area (Å²) in [7, 11) is 6.89. The van der Waals surface area contributed by atoms with Crippen LogP contribution in [0.1, 0.15) is 126 Å². The first-order valence-corrected chi connectivity index (χ1v) is 22.6. The molecule has 6 rings (SSSR count). The Morgan fingerprint density at radius 2 is 0.948 bits per heavy atom. The van der Waals surface area contributed by atoms with Gasteiger partial charge in [0.1, 0.15) is 23.0 Å². The number of aliphatic hydroxyl groups excluding tert-OH is 1. The van der Waals surface area contributed by atoms with Gasteiger partial charge in [0.15, 0.2) is 0 Å². The normalized spacial score (nSPS) is 20.5. The van der Waals surface area contributed by atoms with Crippen LogP contribution < -0.4 is 18.9 Å². The number of aliphatic hydroxyl groups is 1. The smallest absolute Gasteiger partial charge is 0.119 e. The number of rotatable bonds is 18. The van der Waals surface area contributed by atoms with Gasteiger partial charge in [0, 0.05) is 45.2 Å². The summed E-state index contributed by atoms with van der Waals surface area (Å²) in [4.78, 5) is 2.70. The van der Waals surface area contributed by atoms with Gasteiger partial charge in [-0.3, -0.25) is 0 Å². The second-order valence-electron chi connectivity index (χ2n) is 15.8. The maximum atomic E-state index is 9.04. The maximum Gasteiger partial charge on any atom is 0.119 e. The molecule has 0 saturated carbocycles. The molecule has 0 radical (unpaired) electrons. The van der Waals surface area contributed by atoms with Gasteiger partial charge in [0.25, 0.3) is 0 Å². The Hall–Kier alpha value is -3.77. The van der Waals surface area contributed by atoms with Gasteiger partial charge in [-0.15, -0.1) is 23.5 Å². The monoisotopic (exact) mass is 825 g/mol. The van der Waals surface area contributed by atoms with Gasteiger partial charge in [-0.05, 0) is 108 Å². The number of nitriles is 1. The van der Waals surface area contributed by atoms with Crippen molar-refractivity contribution in [2.75, 3.05) is 46.6 Å². The van der Waals surface area contributed by atoms with Crippen molar-refractivity contribution < 1.29 is 24.1 Å². The molecule has 4 atom stereocenters. The van der Waals surface area contributed by atoms with E-state index in [0.29, 0.717) is 24.9 Å². The Morgan fingerprint density at radius 1 is 0.569 bits per heavy atom. The number of ether oxygens (including phenoxy) is 4. The van der Waals surface area contributed by atoms with Crippen molar-refractivity contribution >= 4 is 23.5 Å². The Labute approximate surface area is 358 Å². The highest BCUT2D eigenvalue weighted by molar-refractivity contribution is 7.99. The number of unbranched alkanes of at least 4 members (excludes halogenated alkanes) is 7. The molecule has 0 saturated heterocycles. The Morgan fingerprint density at radius 3 is 1.33 bits per heavy atom. The second-order valence-corrected chi connectivity index (χ2v) is 17.9. The van der Waals surface area contributed by atoms with Crippen molar-refractivity contribution in [3.8, 4) is 29.1 Å². The third-order valence-corrected chi connectivity index (χ3v) is 15.0. The van der Waals surface area contributed by atoms with Crippen LogP contribution in [0.5, 0.6) is 23.0 Å². The van der Waals surface area contributed by atoms with E-state index in [1.165, 1.54) is 57.7 Å². The standard InChI is InChI=1S/C25H31NO2S.C24H32O3S.CH4/c1-25(19-10-12-20(27-2)13-11-19)18-29-24-17-21(28-3)14-15-22(24)23(25)9-7-5-4-6-8-16-26;1-24(18-9-11-19(26-2)12-10-18)17-28-23-16-20(27-3)13-14-21(23)22(24)8-6-4-5-7-15-25;/h10-15,17,23H,4-9,18H2,1-3H3;9-14,16,22,25H,4-8,15,17H2,1-3H3;1H4. The topological polar surface area (TPSA) is 80.9 Å². The summed E-state index contributed by atoms with van der Waals surface area (Å²) in [5, 5.41) is 17.8. The molecule has 6 nitrogen and oxygen atoms in total. The van der Waals surface area contributed by atoms with Crippen molar-refractivity contribution in [1.82, 2.24) is 0 Å². The van der Waals surface area contributed by atoms with Gasteiger partial charge in [0.2, 0.25) is 0 Å². The molecule has 2 heterocycles. The molecule has 0 amide bonds. The zero-order chi connectivity index (χ0) is 40.7. The van der Waals surface area contributed by atoms with Crippen molar-refractivity contribution in [3.63, 3.8) is 0 Å². The average Bonchev–Trinajstić information content (AvgIpc) is 3.26. The Balaban J connectivity index is 0.000000252. The Kier molecular flexibility index (Phi) is 18.7. The van der Waals surface area contributed by atoms with Crippen LogP contribution in [-0.2, 0) is 10.8 Å². The average molecular weight is 826 g/mol. The van der Waals surface area contributed by atoms with Crippen molar-refractivity contribution in [3.05, 3.63) is 107 Å². The highest BCUT2D eigenvalue weighted by atomic mass is 32.2. The number of hydrogen-bond acceptors (Lipinski definition) is 8. The summed E-state index contributed by atoms with van der Waals surface area (Å²) >= 11 is 3.87. The zero-order valence-corrected chi connectivity index (χ0v) is 36.6. The van der Waals surface area contributed by atoms with Crippen LogP contribution in [0.2, 0.25) is 0 Å². The van der Waals surface area contributed by atoms with Gasteiger partial charge in [-0.25, -0.2) is 0 Å². The third kappa shape index (κ3) is 11.5. The summed E-state index contributed by atoms with van der Waals surface area (Å²) < 4.78 is 21.6. The fourth-order valence-corrected chi connectivity index (χ4v) is 11.4. The number of hydrogen-bond donors (Lipinski definition) is 1. The van der Waals surface area contributed by atoms with E-state index in [1.54, 1.807) is 28.4 Å². The van der Waals surface area contributed by atoms with E-state index < -0.39 is 0 Å². The van der Waals surface area contributed by atoms with Gasteiger partial charge < -0.3 is 24.1 Å². The molecule has 0 spiro atoms. The highest BCUT2D eigenvalue weighted by Gasteiger charge is 2.42. The third-order valence-electron chi connectivity index (χ3n) is 12.2. The summed E-state index contributed by atoms with van der Waals surface area (Å²) in [6, 6.07) is 32.6. The molecule has 0 fully saturated rings. The van der Waals surface area contributed by atoms with Crippen LogP contribution in [0.3, 0.4) is 0 Å². The lowest BCUT2D eigenvalue weighted by molar-refractivity contribution is 0.281. The number of nitrogens with zero attached hydrogens (tertiary/aromatic N) is 1. The molecule has 0 bridgehead atoms. The predicted molar refractivity (Wildman–Crippen MR) is 244 cm³/mol. The second kappa shape index (κ2) is 23.1. The van der Waals surface area contributed by atoms with E-state index in [2.05, 4.69) is 105 Å². The molecule has 4 unspecified atom stereocenters. The molecular formula is C50H67NO5S2. The minimum Gasteiger partial charge on any atom is -0.497 e. The molecule has 2 aliphatic heterocycles. The summed E-state index contributed by atoms with van der Waals surface area (Å²) in [5.41, 5.74) is 5.79. The SMILES string of the molecule is C.COc1ccc(C2(C)CSc3cc(OC)ccc3C2CCCCCCC#N)cc1.COc1ccc(C2(C)CSc3cc(OC)ccc3C2CCCCCCO)cc1. The van der Waals surface area contributed by atoms with Crippen LogP contribution in [-0.4, -0.2) is 51.7 Å². The lowest BCUT2D eigenvalue weighted by Gasteiger charge is -2.43. The van der Waals surface area contributed by atoms with E-state index in [9.17, 15) is 0 Å². The van der Waals surface area contributed by atoms with Gasteiger partial charge in [-0.2, -0.15) is 5.26 Å². The quantitative estimate of drug-likeness (QED) is 0.0994. The molecular weight excluding hydrogens is 759 g/mol. The fourth-order valence-electron chi connectivity index (χ4n) is 8.63. The van der Waals surface area contributed by atoms with Crippen molar-refractivity contribution in [1.29, 1.82) is 5.26 Å². The maximum absolute atomic E-state index is 9.04. The van der Waals surface area contributed by atoms with E-state index in [1.807, 2.05) is 23.5 Å². The lowest BCUT2D eigenvalue weighted by Crippen LogP contribution is -2.36. The van der Waals surface area contributed by atoms with Crippen LogP contribution >= 0.6 is 23.5 Å². The summed E-state index contributed by atoms with van der Waals surface area (Å²) in [6.45, 7) is 5.12. The molecule has 1 N–H and O–H groups in total. The molecule has 0 aromatic heterocycles. The first kappa shape index (κ1) is 46.9. The number of thioether (sulfide) groups is 2. The van der Waals surface area contributed by atoms with Gasteiger partial charge in [0.05, 0.1) is 34.5 Å². The van der Waals surface area contributed by atoms with Crippen LogP contribution in [0.4, 0.5) is 0 Å². The van der Waals surface area contributed by atoms with Crippen molar-refractivity contribution in [2.24, 2.45) is 0 Å². The minimum atomic E-state index is 0. The zero-order valence-electron chi connectivity index (χ0n) is 35.0. The highest BCUT2D eigenvalue weighted by Crippen LogP contribution is 2.54. The van der Waals surface area contributed by atoms with Crippen LogP contribution in [0.15, 0.2) is 94.7 Å². The van der Waals surface area contributed by atoms with Crippen molar-refractivity contribution in [2.45, 2.75) is 124 Å². The minimum absolute atomic E-state index is 0. The van der Waals surface area contributed by atoms with Crippen LogP contribution in [0, 0.1) is 11.3 Å². The van der Waals surface area contributed by atoms with Gasteiger partial charge >= 0.3 is 0 Å². The van der Waals surface area contributed by atoms with E-state index in [-0.39, 0.29) is 18.3 Å². The Bertz CT molecular complexity index is 1880. The molecule has 314 valence electrons. The lowest BCUT2D eigenvalue weighted by atomic mass is 9.68. The van der Waals surface area contributed by atoms with Gasteiger partial charge in [-0.1, -0.05) is 96.2 Å². The molecule has 4 aromatic carbocycles. The van der Waals surface area contributed by atoms with E-state index in [4.69, 9.17) is 29.3 Å². The van der Waals surface area contributed by atoms with Crippen LogP contribution in [0.25, 0.3) is 0 Å².